The maximum absolute atomic E-state index is 12.3. The number of para-hydroxylation sites is 1. The van der Waals surface area contributed by atoms with Crippen LogP contribution in [0.2, 0.25) is 0 Å². The fourth-order valence-electron chi connectivity index (χ4n) is 2.83. The molecule has 142 valence electrons. The predicted octanol–water partition coefficient (Wildman–Crippen LogP) is 4.57. The number of benzene rings is 3. The summed E-state index contributed by atoms with van der Waals surface area (Å²) in [6, 6.07) is 21.8. The lowest BCUT2D eigenvalue weighted by Gasteiger charge is -2.12. The first-order valence-corrected chi connectivity index (χ1v) is 8.98. The van der Waals surface area contributed by atoms with Gasteiger partial charge >= 0.3 is 0 Å². The van der Waals surface area contributed by atoms with E-state index >= 15 is 0 Å². The minimum absolute atomic E-state index is 0.0910. The first-order valence-electron chi connectivity index (χ1n) is 8.98. The zero-order valence-corrected chi connectivity index (χ0v) is 15.9. The summed E-state index contributed by atoms with van der Waals surface area (Å²) in [6.45, 7) is 3.80. The van der Waals surface area contributed by atoms with Crippen LogP contribution in [-0.2, 0) is 4.79 Å². The van der Waals surface area contributed by atoms with Crippen molar-refractivity contribution in [3.05, 3.63) is 89.5 Å². The van der Waals surface area contributed by atoms with Crippen LogP contribution in [0, 0.1) is 13.8 Å². The van der Waals surface area contributed by atoms with E-state index in [9.17, 15) is 9.59 Å². The van der Waals surface area contributed by atoms with Gasteiger partial charge in [0.1, 0.15) is 5.75 Å². The van der Waals surface area contributed by atoms with Crippen molar-refractivity contribution in [1.82, 2.24) is 0 Å². The number of carbonyl (C=O) groups excluding carboxylic acids is 2. The molecule has 2 amide bonds. The molecular weight excluding hydrogens is 352 g/mol. The first-order chi connectivity index (χ1) is 13.5. The second kappa shape index (κ2) is 8.86. The Morgan fingerprint density at radius 1 is 0.786 bits per heavy atom. The van der Waals surface area contributed by atoms with Gasteiger partial charge in [0, 0.05) is 16.9 Å². The summed E-state index contributed by atoms with van der Waals surface area (Å²) in [5.41, 5.74) is 3.72. The molecule has 5 heteroatoms. The number of anilines is 2. The summed E-state index contributed by atoms with van der Waals surface area (Å²) >= 11 is 0. The number of amides is 2. The highest BCUT2D eigenvalue weighted by Crippen LogP contribution is 2.22. The third-order valence-corrected chi connectivity index (χ3v) is 4.20. The van der Waals surface area contributed by atoms with E-state index in [0.29, 0.717) is 16.9 Å². The van der Waals surface area contributed by atoms with E-state index in [1.54, 1.807) is 36.4 Å². The van der Waals surface area contributed by atoms with Crippen LogP contribution in [0.1, 0.15) is 21.5 Å². The van der Waals surface area contributed by atoms with Crippen LogP contribution in [0.15, 0.2) is 72.8 Å². The molecule has 0 bridgehead atoms. The molecule has 3 rings (SSSR count). The highest BCUT2D eigenvalue weighted by Gasteiger charge is 2.09. The largest absolute Gasteiger partial charge is 0.483 e. The van der Waals surface area contributed by atoms with Crippen molar-refractivity contribution in [2.45, 2.75) is 13.8 Å². The molecule has 0 radical (unpaired) electrons. The van der Waals surface area contributed by atoms with E-state index in [1.807, 2.05) is 50.2 Å². The third-order valence-electron chi connectivity index (χ3n) is 4.20. The number of carbonyl (C=O) groups is 2. The van der Waals surface area contributed by atoms with Crippen LogP contribution in [0.4, 0.5) is 11.4 Å². The van der Waals surface area contributed by atoms with Crippen LogP contribution >= 0.6 is 0 Å². The fraction of sp³-hybridized carbons (Fsp3) is 0.130. The number of rotatable bonds is 6. The van der Waals surface area contributed by atoms with Crippen molar-refractivity contribution in [2.24, 2.45) is 0 Å². The maximum atomic E-state index is 12.3. The Bertz CT molecular complexity index is 964. The molecule has 0 aliphatic heterocycles. The number of hydrogen-bond acceptors (Lipinski definition) is 3. The van der Waals surface area contributed by atoms with Crippen LogP contribution in [0.3, 0.4) is 0 Å². The second-order valence-electron chi connectivity index (χ2n) is 6.46. The van der Waals surface area contributed by atoms with Crippen molar-refractivity contribution in [3.63, 3.8) is 0 Å². The van der Waals surface area contributed by atoms with Gasteiger partial charge in [0.05, 0.1) is 0 Å². The fourth-order valence-corrected chi connectivity index (χ4v) is 2.83. The van der Waals surface area contributed by atoms with Gasteiger partial charge in [-0.15, -0.1) is 0 Å². The molecule has 0 spiro atoms. The SMILES string of the molecule is Cc1cccc(C)c1OCC(=O)Nc1cccc(NC(=O)c2ccccc2)c1. The van der Waals surface area contributed by atoms with Gasteiger partial charge in [-0.1, -0.05) is 42.5 Å². The zero-order chi connectivity index (χ0) is 19.9. The molecular formula is C23H22N2O3. The van der Waals surface area contributed by atoms with E-state index < -0.39 is 0 Å². The monoisotopic (exact) mass is 374 g/mol. The van der Waals surface area contributed by atoms with Crippen molar-refractivity contribution >= 4 is 23.2 Å². The van der Waals surface area contributed by atoms with E-state index in [-0.39, 0.29) is 18.4 Å². The summed E-state index contributed by atoms with van der Waals surface area (Å²) in [7, 11) is 0. The Labute approximate surface area is 164 Å². The molecule has 0 heterocycles. The summed E-state index contributed by atoms with van der Waals surface area (Å²) in [6.07, 6.45) is 0. The van der Waals surface area contributed by atoms with Gasteiger partial charge in [-0.3, -0.25) is 9.59 Å². The molecule has 0 aliphatic carbocycles. The van der Waals surface area contributed by atoms with Crippen LogP contribution in [0.25, 0.3) is 0 Å². The minimum Gasteiger partial charge on any atom is -0.483 e. The van der Waals surface area contributed by atoms with E-state index in [1.165, 1.54) is 0 Å². The van der Waals surface area contributed by atoms with Gasteiger partial charge in [0.25, 0.3) is 11.8 Å². The summed E-state index contributed by atoms with van der Waals surface area (Å²) in [5.74, 6) is 0.248. The highest BCUT2D eigenvalue weighted by atomic mass is 16.5. The first kappa shape index (κ1) is 19.2. The Morgan fingerprint density at radius 3 is 2.07 bits per heavy atom. The van der Waals surface area contributed by atoms with Gasteiger partial charge < -0.3 is 15.4 Å². The molecule has 5 nitrogen and oxygen atoms in total. The molecule has 3 aromatic rings. The average molecular weight is 374 g/mol. The molecule has 0 atom stereocenters. The van der Waals surface area contributed by atoms with Crippen LogP contribution in [0.5, 0.6) is 5.75 Å². The van der Waals surface area contributed by atoms with Crippen molar-refractivity contribution in [2.75, 3.05) is 17.2 Å². The normalized spacial score (nSPS) is 10.2. The Kier molecular flexibility index (Phi) is 6.07. The van der Waals surface area contributed by atoms with Gasteiger partial charge in [0.2, 0.25) is 0 Å². The molecule has 0 aliphatic rings. The predicted molar refractivity (Wildman–Crippen MR) is 111 cm³/mol. The standard InChI is InChI=1S/C23H22N2O3/c1-16-8-6-9-17(2)22(16)28-15-21(26)24-19-12-7-13-20(14-19)25-23(27)18-10-4-3-5-11-18/h3-14H,15H2,1-2H3,(H,24,26)(H,25,27). The van der Waals surface area contributed by atoms with E-state index in [4.69, 9.17) is 4.74 Å². The van der Waals surface area contributed by atoms with Crippen molar-refractivity contribution in [3.8, 4) is 5.75 Å². The lowest BCUT2D eigenvalue weighted by atomic mass is 10.1. The molecule has 0 aromatic heterocycles. The molecule has 0 saturated heterocycles. The molecule has 2 N–H and O–H groups in total. The van der Waals surface area contributed by atoms with Crippen molar-refractivity contribution < 1.29 is 14.3 Å². The third kappa shape index (κ3) is 4.98. The quantitative estimate of drug-likeness (QED) is 0.664. The maximum Gasteiger partial charge on any atom is 0.262 e. The highest BCUT2D eigenvalue weighted by molar-refractivity contribution is 6.04. The van der Waals surface area contributed by atoms with Gasteiger partial charge in [0.15, 0.2) is 6.61 Å². The molecule has 0 fully saturated rings. The molecule has 28 heavy (non-hydrogen) atoms. The van der Waals surface area contributed by atoms with Gasteiger partial charge in [-0.25, -0.2) is 0 Å². The topological polar surface area (TPSA) is 67.4 Å². The second-order valence-corrected chi connectivity index (χ2v) is 6.46. The van der Waals surface area contributed by atoms with Crippen LogP contribution < -0.4 is 15.4 Å². The number of hydrogen-bond donors (Lipinski definition) is 2. The summed E-state index contributed by atoms with van der Waals surface area (Å²) in [5, 5.41) is 5.61. The van der Waals surface area contributed by atoms with Crippen molar-refractivity contribution in [1.29, 1.82) is 0 Å². The molecule has 0 saturated carbocycles. The summed E-state index contributed by atoms with van der Waals surface area (Å²) < 4.78 is 5.67. The number of aryl methyl sites for hydroxylation is 2. The zero-order valence-electron chi connectivity index (χ0n) is 15.9. The minimum atomic E-state index is -0.269. The Hall–Kier alpha value is -3.60. The Balaban J connectivity index is 1.59. The van der Waals surface area contributed by atoms with E-state index in [0.717, 1.165) is 16.9 Å². The lowest BCUT2D eigenvalue weighted by Crippen LogP contribution is -2.21. The molecule has 0 unspecified atom stereocenters. The average Bonchev–Trinajstić information content (AvgIpc) is 2.68. The smallest absolute Gasteiger partial charge is 0.262 e. The number of ether oxygens (including phenoxy) is 1. The summed E-state index contributed by atoms with van der Waals surface area (Å²) in [4.78, 5) is 24.5. The number of nitrogens with one attached hydrogen (secondary N) is 2. The van der Waals surface area contributed by atoms with Gasteiger partial charge in [-0.05, 0) is 55.3 Å². The van der Waals surface area contributed by atoms with E-state index in [2.05, 4.69) is 10.6 Å². The van der Waals surface area contributed by atoms with Gasteiger partial charge in [-0.2, -0.15) is 0 Å². The molecule has 3 aromatic carbocycles. The van der Waals surface area contributed by atoms with Crippen LogP contribution in [-0.4, -0.2) is 18.4 Å². The Morgan fingerprint density at radius 2 is 1.39 bits per heavy atom. The lowest BCUT2D eigenvalue weighted by molar-refractivity contribution is -0.118.